The molecule has 0 atom stereocenters. The molecule has 4 nitrogen and oxygen atoms in total. The smallest absolute Gasteiger partial charge is 0.281 e. The highest BCUT2D eigenvalue weighted by molar-refractivity contribution is 6.39. The molecule has 9 heavy (non-hydrogen) atoms. The molecule has 0 aromatic carbocycles. The second kappa shape index (κ2) is 2.84. The largest absolute Gasteiger partial charge is 0.432 e. The van der Waals surface area contributed by atoms with E-state index in [0.29, 0.717) is 0 Å². The monoisotopic (exact) mass is 119 g/mol. The second-order valence-electron chi connectivity index (χ2n) is 1.43. The maximum atomic E-state index is 7.96. The lowest BCUT2D eigenvalue weighted by Crippen LogP contribution is -2.13. The summed E-state index contributed by atoms with van der Waals surface area (Å²) in [6, 6.07) is 0. The van der Waals surface area contributed by atoms with Gasteiger partial charge in [0.1, 0.15) is 0 Å². The minimum absolute atomic E-state index is 1.39. The van der Waals surface area contributed by atoms with Gasteiger partial charge in [-0.25, -0.2) is 0 Å². The van der Waals surface area contributed by atoms with Gasteiger partial charge in [0.05, 0.1) is 6.20 Å². The molecule has 0 fully saturated rings. The molecular formula is C4H4BN4. The maximum absolute atomic E-state index is 7.96. The van der Waals surface area contributed by atoms with Crippen LogP contribution in [0.15, 0.2) is 29.6 Å². The van der Waals surface area contributed by atoms with E-state index in [1.807, 2.05) is 6.08 Å². The summed E-state index contributed by atoms with van der Waals surface area (Å²) in [5, 5.41) is 3.30. The lowest BCUT2D eigenvalue weighted by atomic mass is 9.92. The van der Waals surface area contributed by atoms with Crippen LogP contribution >= 0.6 is 0 Å². The van der Waals surface area contributed by atoms with Crippen molar-refractivity contribution in [2.75, 3.05) is 0 Å². The van der Waals surface area contributed by atoms with E-state index < -0.39 is 0 Å². The predicted molar refractivity (Wildman–Crippen MR) is 35.0 cm³/mol. The van der Waals surface area contributed by atoms with Crippen LogP contribution in [0, 0.1) is 0 Å². The molecule has 0 saturated carbocycles. The normalized spacial score (nSPS) is 14.4. The van der Waals surface area contributed by atoms with Gasteiger partial charge in [-0.2, -0.15) is 4.91 Å². The highest BCUT2D eigenvalue weighted by atomic mass is 15.5. The molecule has 43 valence electrons. The van der Waals surface area contributed by atoms with Crippen molar-refractivity contribution in [3.05, 3.63) is 34.8 Å². The highest BCUT2D eigenvalue weighted by Gasteiger charge is 2.01. The average molecular weight is 119 g/mol. The van der Waals surface area contributed by atoms with Gasteiger partial charge in [-0.15, -0.1) is 5.53 Å². The SMILES string of the molecule is [N-]=[N+]=NN1[B]C=CC=C1. The average Bonchev–Trinajstić information content (AvgIpc) is 1.91. The van der Waals surface area contributed by atoms with Gasteiger partial charge in [0.2, 0.25) is 0 Å². The van der Waals surface area contributed by atoms with Crippen LogP contribution in [0.4, 0.5) is 0 Å². The van der Waals surface area contributed by atoms with Gasteiger partial charge in [-0.05, 0) is 11.3 Å². The molecule has 1 rings (SSSR count). The zero-order valence-corrected chi connectivity index (χ0v) is 4.68. The molecule has 0 saturated heterocycles. The van der Waals surface area contributed by atoms with Crippen LogP contribution in [0.25, 0.3) is 10.4 Å². The molecule has 0 unspecified atom stereocenters. The van der Waals surface area contributed by atoms with Crippen LogP contribution in [0.3, 0.4) is 0 Å². The molecule has 0 spiro atoms. The summed E-state index contributed by atoms with van der Waals surface area (Å²) >= 11 is 0. The quantitative estimate of drug-likeness (QED) is 0.221. The summed E-state index contributed by atoms with van der Waals surface area (Å²) in [4.78, 5) is 3.98. The molecule has 0 aliphatic carbocycles. The zero-order valence-electron chi connectivity index (χ0n) is 4.68. The molecule has 0 aromatic rings. The van der Waals surface area contributed by atoms with Crippen LogP contribution in [0.2, 0.25) is 0 Å². The Morgan fingerprint density at radius 3 is 3.00 bits per heavy atom. The second-order valence-corrected chi connectivity index (χ2v) is 1.43. The van der Waals surface area contributed by atoms with Crippen molar-refractivity contribution in [2.45, 2.75) is 0 Å². The minimum atomic E-state index is 1.39. The van der Waals surface area contributed by atoms with Gasteiger partial charge in [0, 0.05) is 0 Å². The van der Waals surface area contributed by atoms with E-state index in [1.165, 1.54) is 4.92 Å². The molecule has 0 bridgehead atoms. The molecule has 1 aliphatic rings. The first-order valence-electron chi connectivity index (χ1n) is 2.45. The molecular weight excluding hydrogens is 115 g/mol. The summed E-state index contributed by atoms with van der Waals surface area (Å²) in [6.07, 6.45) is 5.30. The highest BCUT2D eigenvalue weighted by Crippen LogP contribution is 1.95. The summed E-state index contributed by atoms with van der Waals surface area (Å²) in [6.45, 7) is 0. The van der Waals surface area contributed by atoms with Crippen LogP contribution in [0.1, 0.15) is 0 Å². The van der Waals surface area contributed by atoms with Crippen LogP contribution in [0.5, 0.6) is 0 Å². The number of hydrogen-bond acceptors (Lipinski definition) is 1. The lowest BCUT2D eigenvalue weighted by Gasteiger charge is -2.04. The van der Waals surface area contributed by atoms with Crippen molar-refractivity contribution in [2.24, 2.45) is 5.22 Å². The first-order chi connectivity index (χ1) is 4.43. The van der Waals surface area contributed by atoms with E-state index in [1.54, 1.807) is 25.7 Å². The molecule has 1 aliphatic heterocycles. The Balaban J connectivity index is 2.55. The Bertz CT molecular complexity index is 191. The maximum Gasteiger partial charge on any atom is 0.432 e. The fraction of sp³-hybridized carbons (Fsp3) is 0. The Morgan fingerprint density at radius 2 is 2.44 bits per heavy atom. The van der Waals surface area contributed by atoms with Crippen LogP contribution in [-0.4, -0.2) is 12.3 Å². The summed E-state index contributed by atoms with van der Waals surface area (Å²) in [7, 11) is 1.67. The predicted octanol–water partition coefficient (Wildman–Crippen LogP) is 1.17. The van der Waals surface area contributed by atoms with Crippen molar-refractivity contribution in [3.8, 4) is 0 Å². The third kappa shape index (κ3) is 1.55. The minimum Gasteiger partial charge on any atom is -0.281 e. The summed E-state index contributed by atoms with van der Waals surface area (Å²) < 4.78 is 0. The van der Waals surface area contributed by atoms with E-state index >= 15 is 0 Å². The van der Waals surface area contributed by atoms with E-state index in [9.17, 15) is 0 Å². The number of allylic oxidation sites excluding steroid dienone is 2. The van der Waals surface area contributed by atoms with Crippen LogP contribution in [-0.2, 0) is 0 Å². The van der Waals surface area contributed by atoms with Crippen molar-refractivity contribution < 1.29 is 0 Å². The Labute approximate surface area is 53.3 Å². The van der Waals surface area contributed by atoms with Gasteiger partial charge in [-0.1, -0.05) is 12.1 Å². The first-order valence-corrected chi connectivity index (χ1v) is 2.45. The number of azide groups is 1. The molecule has 0 N–H and O–H groups in total. The Morgan fingerprint density at radius 1 is 1.56 bits per heavy atom. The zero-order chi connectivity index (χ0) is 6.53. The summed E-state index contributed by atoms with van der Waals surface area (Å²) in [5.41, 5.74) is 7.96. The van der Waals surface area contributed by atoms with Crippen molar-refractivity contribution in [3.63, 3.8) is 0 Å². The molecule has 1 heterocycles. The Kier molecular flexibility index (Phi) is 1.83. The van der Waals surface area contributed by atoms with Gasteiger partial charge in [-0.3, -0.25) is 4.92 Å². The number of nitrogens with zero attached hydrogens (tertiary/aromatic N) is 4. The van der Waals surface area contributed by atoms with Crippen LogP contribution < -0.4 is 0 Å². The van der Waals surface area contributed by atoms with Gasteiger partial charge in [0.25, 0.3) is 0 Å². The van der Waals surface area contributed by atoms with E-state index in [2.05, 4.69) is 10.1 Å². The standard InChI is InChI=1S/C4H4BN4/c6-7-8-9-4-2-1-3-5-9/h1-4H. The van der Waals surface area contributed by atoms with E-state index in [-0.39, 0.29) is 0 Å². The third-order valence-corrected chi connectivity index (χ3v) is 0.843. The van der Waals surface area contributed by atoms with Crippen molar-refractivity contribution in [1.82, 2.24) is 4.92 Å². The van der Waals surface area contributed by atoms with Crippen molar-refractivity contribution in [1.29, 1.82) is 0 Å². The topological polar surface area (TPSA) is 52.0 Å². The summed E-state index contributed by atoms with van der Waals surface area (Å²) in [5.74, 6) is 1.79. The molecule has 5 heteroatoms. The van der Waals surface area contributed by atoms with E-state index in [4.69, 9.17) is 5.53 Å². The number of hydrogen-bond donors (Lipinski definition) is 0. The fourth-order valence-electron chi connectivity index (χ4n) is 0.495. The molecule has 0 aromatic heterocycles. The van der Waals surface area contributed by atoms with E-state index in [0.717, 1.165) is 0 Å². The van der Waals surface area contributed by atoms with Gasteiger partial charge < -0.3 is 0 Å². The number of rotatable bonds is 1. The van der Waals surface area contributed by atoms with Gasteiger partial charge in [0.15, 0.2) is 0 Å². The third-order valence-electron chi connectivity index (χ3n) is 0.843. The molecule has 1 radical (unpaired) electrons. The molecule has 0 amide bonds. The van der Waals surface area contributed by atoms with Crippen molar-refractivity contribution >= 4 is 7.41 Å². The first kappa shape index (κ1) is 5.79. The fourth-order valence-corrected chi connectivity index (χ4v) is 0.495. The van der Waals surface area contributed by atoms with Gasteiger partial charge >= 0.3 is 7.41 Å². The lowest BCUT2D eigenvalue weighted by molar-refractivity contribution is 0.629. The Hall–Kier alpha value is -1.35.